The molecule has 0 saturated heterocycles. The molecule has 1 aliphatic rings. The summed E-state index contributed by atoms with van der Waals surface area (Å²) in [4.78, 5) is 18.2. The molecule has 0 aliphatic carbocycles. The standard InChI is InChI=1S/C13H10Br2FN3O/c14-8-1-2-9(10(16)5-8)13(20)18-3-4-19-11(15)6-17-12(19)7-18/h1-2,5-6H,3-4,7H2. The number of halogens is 3. The Bertz CT molecular complexity index is 686. The molecule has 0 spiro atoms. The minimum absolute atomic E-state index is 0.0901. The lowest BCUT2D eigenvalue weighted by Gasteiger charge is -2.28. The molecule has 2 aromatic rings. The smallest absolute Gasteiger partial charge is 0.257 e. The van der Waals surface area contributed by atoms with Gasteiger partial charge in [0.15, 0.2) is 0 Å². The van der Waals surface area contributed by atoms with Crippen LogP contribution >= 0.6 is 31.9 Å². The van der Waals surface area contributed by atoms with Crippen LogP contribution in [0.15, 0.2) is 33.5 Å². The van der Waals surface area contributed by atoms with E-state index in [9.17, 15) is 9.18 Å². The highest BCUT2D eigenvalue weighted by Gasteiger charge is 2.25. The Kier molecular flexibility index (Phi) is 3.64. The normalized spacial score (nSPS) is 14.2. The molecule has 1 aromatic carbocycles. The number of imidazole rings is 1. The Morgan fingerprint density at radius 2 is 2.10 bits per heavy atom. The summed E-state index contributed by atoms with van der Waals surface area (Å²) in [5.41, 5.74) is 0.0901. The topological polar surface area (TPSA) is 38.1 Å². The van der Waals surface area contributed by atoms with Crippen molar-refractivity contribution in [3.8, 4) is 0 Å². The molecule has 1 aliphatic heterocycles. The molecule has 0 N–H and O–H groups in total. The number of rotatable bonds is 1. The van der Waals surface area contributed by atoms with Gasteiger partial charge in [0, 0.05) is 17.6 Å². The van der Waals surface area contributed by atoms with Crippen molar-refractivity contribution < 1.29 is 9.18 Å². The molecule has 0 fully saturated rings. The van der Waals surface area contributed by atoms with E-state index in [2.05, 4.69) is 36.8 Å². The van der Waals surface area contributed by atoms with Crippen LogP contribution in [0.25, 0.3) is 0 Å². The number of carbonyl (C=O) groups excluding carboxylic acids is 1. The van der Waals surface area contributed by atoms with Gasteiger partial charge in [0.2, 0.25) is 0 Å². The Morgan fingerprint density at radius 1 is 1.30 bits per heavy atom. The third-order valence-electron chi connectivity index (χ3n) is 3.26. The fourth-order valence-corrected chi connectivity index (χ4v) is 3.05. The maximum atomic E-state index is 13.9. The fourth-order valence-electron chi connectivity index (χ4n) is 2.23. The van der Waals surface area contributed by atoms with Crippen LogP contribution in [-0.4, -0.2) is 26.9 Å². The second kappa shape index (κ2) is 5.29. The van der Waals surface area contributed by atoms with Crippen LogP contribution < -0.4 is 0 Å². The van der Waals surface area contributed by atoms with Crippen LogP contribution in [0.1, 0.15) is 16.2 Å². The number of benzene rings is 1. The first kappa shape index (κ1) is 13.8. The molecule has 4 nitrogen and oxygen atoms in total. The van der Waals surface area contributed by atoms with E-state index < -0.39 is 5.82 Å². The third-order valence-corrected chi connectivity index (χ3v) is 4.39. The number of nitrogens with zero attached hydrogens (tertiary/aromatic N) is 3. The van der Waals surface area contributed by atoms with Gasteiger partial charge in [0.05, 0.1) is 18.3 Å². The highest BCUT2D eigenvalue weighted by molar-refractivity contribution is 9.10. The number of hydrogen-bond donors (Lipinski definition) is 0. The van der Waals surface area contributed by atoms with Crippen LogP contribution in [0.5, 0.6) is 0 Å². The Morgan fingerprint density at radius 3 is 2.85 bits per heavy atom. The maximum Gasteiger partial charge on any atom is 0.257 e. The van der Waals surface area contributed by atoms with Crippen molar-refractivity contribution in [2.75, 3.05) is 6.54 Å². The molecule has 20 heavy (non-hydrogen) atoms. The average Bonchev–Trinajstić information content (AvgIpc) is 2.79. The Labute approximate surface area is 131 Å². The van der Waals surface area contributed by atoms with E-state index in [1.807, 2.05) is 4.57 Å². The number of hydrogen-bond acceptors (Lipinski definition) is 2. The van der Waals surface area contributed by atoms with E-state index in [1.54, 1.807) is 17.2 Å². The van der Waals surface area contributed by atoms with Crippen molar-refractivity contribution >= 4 is 37.8 Å². The summed E-state index contributed by atoms with van der Waals surface area (Å²) in [5, 5.41) is 0. The predicted molar refractivity (Wildman–Crippen MR) is 78.8 cm³/mol. The lowest BCUT2D eigenvalue weighted by atomic mass is 10.1. The highest BCUT2D eigenvalue weighted by Crippen LogP contribution is 2.22. The molecule has 0 unspecified atom stereocenters. The molecule has 0 atom stereocenters. The first-order chi connectivity index (χ1) is 9.56. The first-order valence-corrected chi connectivity index (χ1v) is 7.59. The summed E-state index contributed by atoms with van der Waals surface area (Å²) >= 11 is 6.59. The van der Waals surface area contributed by atoms with Crippen molar-refractivity contribution in [3.63, 3.8) is 0 Å². The van der Waals surface area contributed by atoms with E-state index >= 15 is 0 Å². The van der Waals surface area contributed by atoms with E-state index in [0.29, 0.717) is 24.1 Å². The second-order valence-corrected chi connectivity index (χ2v) is 6.23. The molecule has 2 heterocycles. The summed E-state index contributed by atoms with van der Waals surface area (Å²) in [5.74, 6) is -0.0196. The van der Waals surface area contributed by atoms with Crippen LogP contribution in [0, 0.1) is 5.82 Å². The van der Waals surface area contributed by atoms with Gasteiger partial charge in [-0.05, 0) is 34.1 Å². The minimum Gasteiger partial charge on any atom is -0.329 e. The van der Waals surface area contributed by atoms with Gasteiger partial charge >= 0.3 is 0 Å². The zero-order chi connectivity index (χ0) is 14.3. The summed E-state index contributed by atoms with van der Waals surface area (Å²) in [6.45, 7) is 1.58. The van der Waals surface area contributed by atoms with Gasteiger partial charge in [-0.1, -0.05) is 15.9 Å². The van der Waals surface area contributed by atoms with Crippen LogP contribution in [0.2, 0.25) is 0 Å². The van der Waals surface area contributed by atoms with Crippen LogP contribution in [0.3, 0.4) is 0 Å². The minimum atomic E-state index is -0.514. The SMILES string of the molecule is O=C(c1ccc(Br)cc1F)N1CCn2c(Br)cnc2C1. The fraction of sp³-hybridized carbons (Fsp3) is 0.231. The van der Waals surface area contributed by atoms with Crippen LogP contribution in [0.4, 0.5) is 4.39 Å². The quantitative estimate of drug-likeness (QED) is 0.734. The summed E-state index contributed by atoms with van der Waals surface area (Å²) in [7, 11) is 0. The lowest BCUT2D eigenvalue weighted by molar-refractivity contribution is 0.0702. The van der Waals surface area contributed by atoms with Crippen LogP contribution in [-0.2, 0) is 13.1 Å². The van der Waals surface area contributed by atoms with E-state index in [0.717, 1.165) is 10.4 Å². The number of fused-ring (bicyclic) bond motifs is 1. The maximum absolute atomic E-state index is 13.9. The largest absolute Gasteiger partial charge is 0.329 e. The molecule has 1 aromatic heterocycles. The molecule has 1 amide bonds. The van der Waals surface area contributed by atoms with Crippen molar-refractivity contribution in [3.05, 3.63) is 50.7 Å². The van der Waals surface area contributed by atoms with Crippen molar-refractivity contribution in [2.45, 2.75) is 13.1 Å². The first-order valence-electron chi connectivity index (χ1n) is 6.00. The van der Waals surface area contributed by atoms with Gasteiger partial charge < -0.3 is 9.47 Å². The summed E-state index contributed by atoms with van der Waals surface area (Å²) < 4.78 is 17.4. The molecule has 0 saturated carbocycles. The zero-order valence-electron chi connectivity index (χ0n) is 10.3. The van der Waals surface area contributed by atoms with Gasteiger partial charge in [-0.2, -0.15) is 0 Å². The summed E-state index contributed by atoms with van der Waals surface area (Å²) in [6, 6.07) is 4.46. The van der Waals surface area contributed by atoms with Gasteiger partial charge in [0.25, 0.3) is 5.91 Å². The van der Waals surface area contributed by atoms with E-state index in [4.69, 9.17) is 0 Å². The molecular formula is C13H10Br2FN3O. The number of amides is 1. The highest BCUT2D eigenvalue weighted by atomic mass is 79.9. The van der Waals surface area contributed by atoms with Crippen molar-refractivity contribution in [2.24, 2.45) is 0 Å². The van der Waals surface area contributed by atoms with E-state index in [1.165, 1.54) is 12.1 Å². The molecular weight excluding hydrogens is 393 g/mol. The third kappa shape index (κ3) is 2.40. The Hall–Kier alpha value is -1.21. The van der Waals surface area contributed by atoms with Gasteiger partial charge in [-0.15, -0.1) is 0 Å². The Balaban J connectivity index is 1.85. The zero-order valence-corrected chi connectivity index (χ0v) is 13.5. The molecule has 0 radical (unpaired) electrons. The van der Waals surface area contributed by atoms with Gasteiger partial charge in [-0.3, -0.25) is 4.79 Å². The number of carbonyl (C=O) groups is 1. The molecule has 0 bridgehead atoms. The van der Waals surface area contributed by atoms with Gasteiger partial charge in [0.1, 0.15) is 16.2 Å². The second-order valence-electron chi connectivity index (χ2n) is 4.50. The van der Waals surface area contributed by atoms with Crippen molar-refractivity contribution in [1.82, 2.24) is 14.5 Å². The monoisotopic (exact) mass is 401 g/mol. The summed E-state index contributed by atoms with van der Waals surface area (Å²) in [6.07, 6.45) is 1.71. The predicted octanol–water partition coefficient (Wildman–Crippen LogP) is 3.20. The average molecular weight is 403 g/mol. The van der Waals surface area contributed by atoms with Crippen molar-refractivity contribution in [1.29, 1.82) is 0 Å². The van der Waals surface area contributed by atoms with Gasteiger partial charge in [-0.25, -0.2) is 9.37 Å². The lowest BCUT2D eigenvalue weighted by Crippen LogP contribution is -2.38. The molecule has 7 heteroatoms. The molecule has 3 rings (SSSR count). The molecule has 104 valence electrons. The number of aromatic nitrogens is 2. The van der Waals surface area contributed by atoms with E-state index in [-0.39, 0.29) is 11.5 Å².